The van der Waals surface area contributed by atoms with E-state index in [1.54, 1.807) is 16.7 Å². The summed E-state index contributed by atoms with van der Waals surface area (Å²) in [5.74, 6) is -0.756. The summed E-state index contributed by atoms with van der Waals surface area (Å²) in [5, 5.41) is 12.5. The molecular formula is C22H28FN7O3S. The minimum Gasteiger partial charge on any atom is -0.322 e. The molecule has 1 saturated carbocycles. The summed E-state index contributed by atoms with van der Waals surface area (Å²) < 4.78 is 15.3. The van der Waals surface area contributed by atoms with Crippen LogP contribution in [0, 0.1) is 5.82 Å². The van der Waals surface area contributed by atoms with Gasteiger partial charge in [0.1, 0.15) is 11.4 Å². The molecule has 2 fully saturated rings. The number of halogens is 1. The van der Waals surface area contributed by atoms with Crippen molar-refractivity contribution in [3.8, 4) is 5.69 Å². The van der Waals surface area contributed by atoms with E-state index in [0.29, 0.717) is 29.5 Å². The quantitative estimate of drug-likeness (QED) is 0.454. The molecule has 1 aromatic heterocycles. The highest BCUT2D eigenvalue weighted by atomic mass is 32.2. The number of hydrazine groups is 1. The third-order valence-electron chi connectivity index (χ3n) is 6.33. The minimum absolute atomic E-state index is 0.0975. The van der Waals surface area contributed by atoms with Gasteiger partial charge in [0.15, 0.2) is 11.0 Å². The van der Waals surface area contributed by atoms with Crippen LogP contribution in [0.25, 0.3) is 5.69 Å². The first-order chi connectivity index (χ1) is 16.2. The van der Waals surface area contributed by atoms with Crippen LogP contribution in [0.4, 0.5) is 9.18 Å². The van der Waals surface area contributed by atoms with Crippen molar-refractivity contribution >= 4 is 29.6 Å². The highest BCUT2D eigenvalue weighted by molar-refractivity contribution is 7.99. The predicted molar refractivity (Wildman–Crippen MR) is 123 cm³/mol. The minimum atomic E-state index is -0.907. The fourth-order valence-electron chi connectivity index (χ4n) is 4.21. The van der Waals surface area contributed by atoms with Gasteiger partial charge in [-0.1, -0.05) is 31.0 Å². The van der Waals surface area contributed by atoms with Crippen LogP contribution < -0.4 is 10.7 Å². The van der Waals surface area contributed by atoms with E-state index >= 15 is 0 Å². The van der Waals surface area contributed by atoms with Crippen molar-refractivity contribution in [3.05, 3.63) is 35.9 Å². The summed E-state index contributed by atoms with van der Waals surface area (Å²) >= 11 is 1.11. The summed E-state index contributed by atoms with van der Waals surface area (Å²) in [4.78, 5) is 39.9. The molecule has 1 aliphatic heterocycles. The zero-order valence-electron chi connectivity index (χ0n) is 19.4. The lowest BCUT2D eigenvalue weighted by Crippen LogP contribution is -2.51. The summed E-state index contributed by atoms with van der Waals surface area (Å²) in [6.07, 6.45) is 3.89. The molecule has 1 aliphatic carbocycles. The zero-order chi connectivity index (χ0) is 24.5. The molecule has 34 heavy (non-hydrogen) atoms. The number of amides is 4. The zero-order valence-corrected chi connectivity index (χ0v) is 20.2. The lowest BCUT2D eigenvalue weighted by atomic mass is 9.82. The number of carbonyl (C=O) groups excluding carboxylic acids is 3. The summed E-state index contributed by atoms with van der Waals surface area (Å²) in [6.45, 7) is 1.96. The molecule has 2 aromatic rings. The van der Waals surface area contributed by atoms with E-state index < -0.39 is 23.4 Å². The van der Waals surface area contributed by atoms with Crippen LogP contribution >= 0.6 is 11.8 Å². The second-order valence-electron chi connectivity index (χ2n) is 8.83. The maximum absolute atomic E-state index is 13.5. The van der Waals surface area contributed by atoms with Crippen molar-refractivity contribution in [2.75, 3.05) is 19.8 Å². The van der Waals surface area contributed by atoms with E-state index in [1.807, 2.05) is 25.9 Å². The average molecular weight is 490 g/mol. The van der Waals surface area contributed by atoms with Crippen molar-refractivity contribution in [1.29, 1.82) is 0 Å². The number of rotatable bonds is 7. The first kappa shape index (κ1) is 24.1. The van der Waals surface area contributed by atoms with E-state index in [2.05, 4.69) is 20.9 Å². The Kier molecular flexibility index (Phi) is 6.89. The lowest BCUT2D eigenvalue weighted by Gasteiger charge is -2.30. The van der Waals surface area contributed by atoms with Crippen molar-refractivity contribution in [3.63, 3.8) is 0 Å². The summed E-state index contributed by atoms with van der Waals surface area (Å²) in [6, 6.07) is 5.22. The molecule has 2 heterocycles. The van der Waals surface area contributed by atoms with Crippen LogP contribution in [0.2, 0.25) is 0 Å². The van der Waals surface area contributed by atoms with Gasteiger partial charge >= 0.3 is 6.03 Å². The molecule has 1 unspecified atom stereocenters. The number of aromatic nitrogens is 3. The third kappa shape index (κ3) is 4.64. The summed E-state index contributed by atoms with van der Waals surface area (Å²) in [7, 11) is 3.82. The van der Waals surface area contributed by atoms with E-state index in [-0.39, 0.29) is 17.6 Å². The second-order valence-corrected chi connectivity index (χ2v) is 9.77. The van der Waals surface area contributed by atoms with Crippen LogP contribution in [0.5, 0.6) is 0 Å². The van der Waals surface area contributed by atoms with Gasteiger partial charge in [0.25, 0.3) is 5.91 Å². The lowest BCUT2D eigenvalue weighted by molar-refractivity contribution is -0.139. The van der Waals surface area contributed by atoms with Crippen molar-refractivity contribution in [2.45, 2.75) is 55.8 Å². The van der Waals surface area contributed by atoms with Gasteiger partial charge in [-0.15, -0.1) is 10.2 Å². The van der Waals surface area contributed by atoms with Gasteiger partial charge < -0.3 is 5.32 Å². The van der Waals surface area contributed by atoms with Gasteiger partial charge in [-0.05, 0) is 58.1 Å². The Balaban J connectivity index is 1.48. The normalized spacial score (nSPS) is 18.4. The average Bonchev–Trinajstić information content (AvgIpc) is 3.33. The Morgan fingerprint density at radius 2 is 1.88 bits per heavy atom. The Morgan fingerprint density at radius 1 is 1.21 bits per heavy atom. The molecule has 182 valence electrons. The molecule has 1 spiro atoms. The fourth-order valence-corrected chi connectivity index (χ4v) is 4.96. The molecule has 0 radical (unpaired) electrons. The SMILES string of the molecule is CC(c1nnc(SCC(=O)NN2C(=O)NC3(CCCCC3)C2=O)n1-c1ccc(F)cc1)N(C)C. The Bertz CT molecular complexity index is 1080. The Hall–Kier alpha value is -2.99. The number of benzene rings is 1. The Morgan fingerprint density at radius 3 is 2.53 bits per heavy atom. The molecule has 0 bridgehead atoms. The van der Waals surface area contributed by atoms with E-state index in [9.17, 15) is 18.8 Å². The molecule has 2 N–H and O–H groups in total. The van der Waals surface area contributed by atoms with E-state index in [1.165, 1.54) is 12.1 Å². The second kappa shape index (κ2) is 9.71. The number of nitrogens with zero attached hydrogens (tertiary/aromatic N) is 5. The monoisotopic (exact) mass is 489 g/mol. The number of thioether (sulfide) groups is 1. The molecule has 1 aromatic carbocycles. The fraction of sp³-hybridized carbons (Fsp3) is 0.500. The summed E-state index contributed by atoms with van der Waals surface area (Å²) in [5.41, 5.74) is 2.18. The van der Waals surface area contributed by atoms with Crippen LogP contribution in [-0.4, -0.2) is 67.9 Å². The highest BCUT2D eigenvalue weighted by Gasteiger charge is 2.52. The topological polar surface area (TPSA) is 112 Å². The van der Waals surface area contributed by atoms with Gasteiger partial charge in [-0.25, -0.2) is 9.18 Å². The molecule has 2 aliphatic rings. The predicted octanol–water partition coefficient (Wildman–Crippen LogP) is 2.41. The number of nitrogens with one attached hydrogen (secondary N) is 2. The van der Waals surface area contributed by atoms with Crippen LogP contribution in [-0.2, 0) is 9.59 Å². The largest absolute Gasteiger partial charge is 0.344 e. The number of hydrogen-bond acceptors (Lipinski definition) is 7. The molecule has 10 nitrogen and oxygen atoms in total. The maximum Gasteiger partial charge on any atom is 0.344 e. The molecule has 12 heteroatoms. The molecule has 1 atom stereocenters. The number of urea groups is 1. The number of imide groups is 1. The molecule has 4 rings (SSSR count). The van der Waals surface area contributed by atoms with Crippen molar-refractivity contribution in [2.24, 2.45) is 0 Å². The van der Waals surface area contributed by atoms with Gasteiger partial charge in [0.2, 0.25) is 5.91 Å². The van der Waals surface area contributed by atoms with Gasteiger partial charge in [0.05, 0.1) is 11.8 Å². The van der Waals surface area contributed by atoms with Gasteiger partial charge in [-0.2, -0.15) is 5.01 Å². The Labute approximate surface area is 201 Å². The van der Waals surface area contributed by atoms with E-state index in [4.69, 9.17) is 0 Å². The number of hydrogen-bond donors (Lipinski definition) is 2. The third-order valence-corrected chi connectivity index (χ3v) is 7.26. The van der Waals surface area contributed by atoms with Crippen molar-refractivity contribution in [1.82, 2.24) is 35.4 Å². The molecular weight excluding hydrogens is 461 g/mol. The smallest absolute Gasteiger partial charge is 0.322 e. The van der Waals surface area contributed by atoms with Crippen LogP contribution in [0.3, 0.4) is 0 Å². The highest BCUT2D eigenvalue weighted by Crippen LogP contribution is 2.33. The van der Waals surface area contributed by atoms with Gasteiger partial charge in [0, 0.05) is 5.69 Å². The molecule has 4 amide bonds. The van der Waals surface area contributed by atoms with Crippen molar-refractivity contribution < 1.29 is 18.8 Å². The standard InChI is InChI=1S/C22H28FN7O3S/c1-14(28(2)3)18-25-26-21(29(18)16-9-7-15(23)8-10-16)34-13-17(31)27-30-19(32)22(24-20(30)33)11-5-4-6-12-22/h7-10,14H,4-6,11-13H2,1-3H3,(H,24,33)(H,27,31). The van der Waals surface area contributed by atoms with Crippen LogP contribution in [0.15, 0.2) is 29.4 Å². The first-order valence-electron chi connectivity index (χ1n) is 11.2. The van der Waals surface area contributed by atoms with E-state index in [0.717, 1.165) is 36.0 Å². The van der Waals surface area contributed by atoms with Gasteiger partial charge in [-0.3, -0.25) is 24.5 Å². The number of carbonyl (C=O) groups is 3. The molecule has 1 saturated heterocycles. The maximum atomic E-state index is 13.5. The van der Waals surface area contributed by atoms with Crippen LogP contribution in [0.1, 0.15) is 50.9 Å². The first-order valence-corrected chi connectivity index (χ1v) is 12.2.